The highest BCUT2D eigenvalue weighted by atomic mass is 16.4. The molecule has 0 radical (unpaired) electrons. The summed E-state index contributed by atoms with van der Waals surface area (Å²) in [5, 5.41) is 21.2. The number of carbonyl (C=O) groups is 1. The topological polar surface area (TPSA) is 72.8 Å². The minimum Gasteiger partial charge on any atom is -0.481 e. The smallest absolute Gasteiger partial charge is 0.303 e. The molecule has 0 aromatic carbocycles. The van der Waals surface area contributed by atoms with E-state index in [-0.39, 0.29) is 13.0 Å². The molecule has 2 rings (SSSR count). The van der Waals surface area contributed by atoms with Gasteiger partial charge >= 0.3 is 5.97 Å². The predicted molar refractivity (Wildman–Crippen MR) is 77.6 cm³/mol. The van der Waals surface area contributed by atoms with Crippen LogP contribution in [-0.4, -0.2) is 59.9 Å². The molecule has 2 aliphatic rings. The normalized spacial score (nSPS) is 27.6. The summed E-state index contributed by atoms with van der Waals surface area (Å²) in [4.78, 5) is 13.3. The highest BCUT2D eigenvalue weighted by Crippen LogP contribution is 2.31. The Morgan fingerprint density at radius 2 is 2.05 bits per heavy atom. The van der Waals surface area contributed by atoms with E-state index in [1.807, 2.05) is 0 Å². The fourth-order valence-electron chi connectivity index (χ4n) is 3.19. The van der Waals surface area contributed by atoms with Crippen LogP contribution in [-0.2, 0) is 4.79 Å². The maximum Gasteiger partial charge on any atom is 0.303 e. The number of rotatable bonds is 9. The number of nitrogens with one attached hydrogen (secondary N) is 1. The first-order valence-corrected chi connectivity index (χ1v) is 7.95. The van der Waals surface area contributed by atoms with Crippen molar-refractivity contribution in [2.24, 2.45) is 11.8 Å². The zero-order valence-electron chi connectivity index (χ0n) is 12.3. The largest absolute Gasteiger partial charge is 0.481 e. The fraction of sp³-hybridized carbons (Fsp3) is 0.933. The van der Waals surface area contributed by atoms with Crippen LogP contribution < -0.4 is 5.32 Å². The number of carboxylic acids is 1. The van der Waals surface area contributed by atoms with Crippen LogP contribution in [0.1, 0.15) is 38.5 Å². The average molecular weight is 284 g/mol. The van der Waals surface area contributed by atoms with Gasteiger partial charge in [-0.05, 0) is 50.5 Å². The minimum atomic E-state index is -0.686. The first kappa shape index (κ1) is 15.7. The van der Waals surface area contributed by atoms with Crippen LogP contribution in [0.15, 0.2) is 0 Å². The lowest BCUT2D eigenvalue weighted by Crippen LogP contribution is -2.50. The van der Waals surface area contributed by atoms with Gasteiger partial charge in [-0.15, -0.1) is 0 Å². The van der Waals surface area contributed by atoms with Crippen molar-refractivity contribution >= 4 is 5.97 Å². The number of nitrogens with zero attached hydrogens (tertiary/aromatic N) is 1. The lowest BCUT2D eigenvalue weighted by atomic mass is 9.90. The molecular formula is C15H28N2O3. The van der Waals surface area contributed by atoms with Gasteiger partial charge in [-0.25, -0.2) is 0 Å². The van der Waals surface area contributed by atoms with Crippen molar-refractivity contribution in [2.75, 3.05) is 32.8 Å². The molecule has 1 aliphatic carbocycles. The summed E-state index contributed by atoms with van der Waals surface area (Å²) in [6.45, 7) is 4.40. The third-order valence-electron chi connectivity index (χ3n) is 4.36. The van der Waals surface area contributed by atoms with E-state index in [9.17, 15) is 4.79 Å². The zero-order chi connectivity index (χ0) is 14.4. The van der Waals surface area contributed by atoms with Gasteiger partial charge in [-0.1, -0.05) is 0 Å². The SMILES string of the molecule is O=C(O)CCC1CC(NCCCO)CN(CC2CC2)C1. The molecule has 5 nitrogen and oxygen atoms in total. The number of hydrogen-bond donors (Lipinski definition) is 3. The Morgan fingerprint density at radius 3 is 2.70 bits per heavy atom. The molecule has 1 aliphatic heterocycles. The van der Waals surface area contributed by atoms with Gasteiger partial charge in [0.15, 0.2) is 0 Å². The Hall–Kier alpha value is -0.650. The molecule has 2 unspecified atom stereocenters. The third kappa shape index (κ3) is 5.77. The molecule has 2 fully saturated rings. The standard InChI is InChI=1S/C15H28N2O3/c18-7-1-6-16-14-8-13(4-5-15(19)20)10-17(11-14)9-12-2-3-12/h12-14,16,18H,1-11H2,(H,19,20). The van der Waals surface area contributed by atoms with E-state index < -0.39 is 5.97 Å². The molecule has 20 heavy (non-hydrogen) atoms. The van der Waals surface area contributed by atoms with E-state index in [1.165, 1.54) is 19.4 Å². The quantitative estimate of drug-likeness (QED) is 0.549. The maximum atomic E-state index is 10.7. The Balaban J connectivity index is 1.78. The van der Waals surface area contributed by atoms with Crippen LogP contribution in [0.25, 0.3) is 0 Å². The summed E-state index contributed by atoms with van der Waals surface area (Å²) in [6.07, 6.45) is 5.65. The van der Waals surface area contributed by atoms with Crippen LogP contribution >= 0.6 is 0 Å². The minimum absolute atomic E-state index is 0.230. The van der Waals surface area contributed by atoms with E-state index in [1.54, 1.807) is 0 Å². The predicted octanol–water partition coefficient (Wildman–Crippen LogP) is 0.924. The second-order valence-electron chi connectivity index (χ2n) is 6.42. The fourth-order valence-corrected chi connectivity index (χ4v) is 3.19. The van der Waals surface area contributed by atoms with Crippen molar-refractivity contribution in [1.29, 1.82) is 0 Å². The molecule has 0 amide bonds. The van der Waals surface area contributed by atoms with E-state index in [2.05, 4.69) is 10.2 Å². The van der Waals surface area contributed by atoms with Gasteiger partial charge in [-0.3, -0.25) is 4.79 Å². The van der Waals surface area contributed by atoms with E-state index in [4.69, 9.17) is 10.2 Å². The molecule has 2 atom stereocenters. The second kappa shape index (κ2) is 7.96. The van der Waals surface area contributed by atoms with E-state index in [0.29, 0.717) is 12.0 Å². The lowest BCUT2D eigenvalue weighted by molar-refractivity contribution is -0.137. The molecule has 1 saturated carbocycles. The Labute approximate surface area is 121 Å². The molecule has 5 heteroatoms. The Morgan fingerprint density at radius 1 is 1.25 bits per heavy atom. The molecule has 0 spiro atoms. The summed E-state index contributed by atoms with van der Waals surface area (Å²) in [5.74, 6) is 0.686. The molecule has 1 saturated heterocycles. The van der Waals surface area contributed by atoms with Gasteiger partial charge in [0.05, 0.1) is 0 Å². The first-order chi connectivity index (χ1) is 9.67. The summed E-state index contributed by atoms with van der Waals surface area (Å²) in [6, 6.07) is 0.452. The Kier molecular flexibility index (Phi) is 6.26. The molecule has 3 N–H and O–H groups in total. The summed E-state index contributed by atoms with van der Waals surface area (Å²) >= 11 is 0. The number of piperidine rings is 1. The third-order valence-corrected chi connectivity index (χ3v) is 4.36. The van der Waals surface area contributed by atoms with E-state index in [0.717, 1.165) is 44.8 Å². The number of likely N-dealkylation sites (tertiary alicyclic amines) is 1. The van der Waals surface area contributed by atoms with Crippen molar-refractivity contribution in [1.82, 2.24) is 10.2 Å². The molecule has 0 bridgehead atoms. The molecular weight excluding hydrogens is 256 g/mol. The first-order valence-electron chi connectivity index (χ1n) is 7.95. The van der Waals surface area contributed by atoms with Crippen LogP contribution in [0.2, 0.25) is 0 Å². The molecule has 1 heterocycles. The lowest BCUT2D eigenvalue weighted by Gasteiger charge is -2.38. The van der Waals surface area contributed by atoms with Crippen molar-refractivity contribution < 1.29 is 15.0 Å². The average Bonchev–Trinajstić information content (AvgIpc) is 3.20. The number of aliphatic hydroxyl groups excluding tert-OH is 1. The number of carboxylic acid groups (broad SMARTS) is 1. The van der Waals surface area contributed by atoms with Crippen molar-refractivity contribution in [3.63, 3.8) is 0 Å². The van der Waals surface area contributed by atoms with Gasteiger partial charge in [0, 0.05) is 38.7 Å². The number of hydrogen-bond acceptors (Lipinski definition) is 4. The Bertz CT molecular complexity index is 307. The van der Waals surface area contributed by atoms with Crippen LogP contribution in [0.3, 0.4) is 0 Å². The number of aliphatic hydroxyl groups is 1. The van der Waals surface area contributed by atoms with Gasteiger partial charge in [0.2, 0.25) is 0 Å². The van der Waals surface area contributed by atoms with E-state index >= 15 is 0 Å². The van der Waals surface area contributed by atoms with Crippen molar-refractivity contribution in [3.8, 4) is 0 Å². The second-order valence-corrected chi connectivity index (χ2v) is 6.42. The van der Waals surface area contributed by atoms with Gasteiger partial charge in [0.25, 0.3) is 0 Å². The summed E-state index contributed by atoms with van der Waals surface area (Å²) < 4.78 is 0. The maximum absolute atomic E-state index is 10.7. The van der Waals surface area contributed by atoms with Gasteiger partial charge in [-0.2, -0.15) is 0 Å². The van der Waals surface area contributed by atoms with Crippen LogP contribution in [0.4, 0.5) is 0 Å². The van der Waals surface area contributed by atoms with Crippen LogP contribution in [0, 0.1) is 11.8 Å². The highest BCUT2D eigenvalue weighted by molar-refractivity contribution is 5.66. The number of aliphatic carboxylic acids is 1. The van der Waals surface area contributed by atoms with Crippen molar-refractivity contribution in [2.45, 2.75) is 44.6 Å². The van der Waals surface area contributed by atoms with Gasteiger partial charge in [0.1, 0.15) is 0 Å². The monoisotopic (exact) mass is 284 g/mol. The van der Waals surface area contributed by atoms with Crippen LogP contribution in [0.5, 0.6) is 0 Å². The summed E-state index contributed by atoms with van der Waals surface area (Å²) in [7, 11) is 0. The molecule has 0 aromatic heterocycles. The van der Waals surface area contributed by atoms with Gasteiger partial charge < -0.3 is 20.4 Å². The highest BCUT2D eigenvalue weighted by Gasteiger charge is 2.31. The molecule has 0 aromatic rings. The molecule has 116 valence electrons. The van der Waals surface area contributed by atoms with Crippen molar-refractivity contribution in [3.05, 3.63) is 0 Å². The zero-order valence-corrected chi connectivity index (χ0v) is 12.3. The summed E-state index contributed by atoms with van der Waals surface area (Å²) in [5.41, 5.74) is 0.